The van der Waals surface area contributed by atoms with Crippen molar-refractivity contribution in [3.63, 3.8) is 0 Å². The third-order valence-electron chi connectivity index (χ3n) is 5.97. The Balaban J connectivity index is 0.00000225. The number of nitrogens with zero attached hydrogens (tertiary/aromatic N) is 2. The van der Waals surface area contributed by atoms with Gasteiger partial charge in [0.15, 0.2) is 0 Å². The minimum atomic E-state index is 0. The Hall–Kier alpha value is -1.88. The Morgan fingerprint density at radius 1 is 0.929 bits per heavy atom. The lowest BCUT2D eigenvalue weighted by molar-refractivity contribution is -0.130. The summed E-state index contributed by atoms with van der Waals surface area (Å²) >= 11 is 0. The molecule has 150 valence electrons. The van der Waals surface area contributed by atoms with Gasteiger partial charge in [0, 0.05) is 57.6 Å². The molecule has 1 atom stereocenters. The van der Waals surface area contributed by atoms with Crippen molar-refractivity contribution in [2.24, 2.45) is 0 Å². The molecule has 28 heavy (non-hydrogen) atoms. The third kappa shape index (κ3) is 4.93. The molecule has 5 heteroatoms. The van der Waals surface area contributed by atoms with Crippen LogP contribution in [-0.2, 0) is 4.79 Å². The molecular weight excluding hydrogens is 370 g/mol. The van der Waals surface area contributed by atoms with Gasteiger partial charge in [-0.2, -0.15) is 0 Å². The van der Waals surface area contributed by atoms with Crippen LogP contribution in [0.2, 0.25) is 0 Å². The first-order valence-corrected chi connectivity index (χ1v) is 10.1. The van der Waals surface area contributed by atoms with E-state index in [2.05, 4.69) is 63.6 Å². The van der Waals surface area contributed by atoms with Gasteiger partial charge in [0.2, 0.25) is 5.91 Å². The number of carbonyl (C=O) groups is 1. The molecule has 0 aliphatic carbocycles. The van der Waals surface area contributed by atoms with Crippen molar-refractivity contribution >= 4 is 18.3 Å². The van der Waals surface area contributed by atoms with Gasteiger partial charge < -0.3 is 10.2 Å². The quantitative estimate of drug-likeness (QED) is 0.838. The van der Waals surface area contributed by atoms with E-state index in [9.17, 15) is 4.79 Å². The summed E-state index contributed by atoms with van der Waals surface area (Å²) < 4.78 is 0. The van der Waals surface area contributed by atoms with Crippen molar-refractivity contribution in [1.29, 1.82) is 0 Å². The van der Waals surface area contributed by atoms with Gasteiger partial charge in [-0.15, -0.1) is 12.4 Å². The number of hydrogen-bond acceptors (Lipinski definition) is 3. The number of likely N-dealkylation sites (tertiary alicyclic amines) is 1. The molecule has 2 saturated heterocycles. The predicted molar refractivity (Wildman–Crippen MR) is 116 cm³/mol. The van der Waals surface area contributed by atoms with Crippen LogP contribution in [0.4, 0.5) is 0 Å². The van der Waals surface area contributed by atoms with E-state index < -0.39 is 0 Å². The van der Waals surface area contributed by atoms with Crippen LogP contribution in [0.5, 0.6) is 0 Å². The first-order chi connectivity index (χ1) is 13.3. The highest BCUT2D eigenvalue weighted by Crippen LogP contribution is 2.29. The predicted octanol–water partition coefficient (Wildman–Crippen LogP) is 3.14. The zero-order valence-electron chi connectivity index (χ0n) is 16.3. The molecule has 0 aromatic heterocycles. The molecule has 1 unspecified atom stereocenters. The molecular formula is C23H30ClN3O. The topological polar surface area (TPSA) is 35.6 Å². The van der Waals surface area contributed by atoms with Gasteiger partial charge in [0.25, 0.3) is 0 Å². The molecule has 2 heterocycles. The van der Waals surface area contributed by atoms with E-state index in [1.54, 1.807) is 0 Å². The van der Waals surface area contributed by atoms with E-state index in [-0.39, 0.29) is 24.2 Å². The Labute approximate surface area is 174 Å². The van der Waals surface area contributed by atoms with Crippen molar-refractivity contribution in [3.05, 3.63) is 71.8 Å². The van der Waals surface area contributed by atoms with Gasteiger partial charge in [-0.1, -0.05) is 60.7 Å². The number of piperazine rings is 1. The molecule has 2 aliphatic rings. The maximum atomic E-state index is 13.1. The van der Waals surface area contributed by atoms with Gasteiger partial charge >= 0.3 is 0 Å². The van der Waals surface area contributed by atoms with E-state index in [1.165, 1.54) is 11.1 Å². The summed E-state index contributed by atoms with van der Waals surface area (Å²) in [7, 11) is 0. The summed E-state index contributed by atoms with van der Waals surface area (Å²) in [6.45, 7) is 6.11. The second kappa shape index (κ2) is 10.1. The second-order valence-electron chi connectivity index (χ2n) is 7.65. The highest BCUT2D eigenvalue weighted by atomic mass is 35.5. The summed E-state index contributed by atoms with van der Waals surface area (Å²) in [5.41, 5.74) is 2.44. The summed E-state index contributed by atoms with van der Waals surface area (Å²) in [5.74, 6) is 0.406. The number of rotatable bonds is 5. The minimum absolute atomic E-state index is 0. The summed E-state index contributed by atoms with van der Waals surface area (Å²) in [5, 5.41) is 3.41. The van der Waals surface area contributed by atoms with E-state index >= 15 is 0 Å². The van der Waals surface area contributed by atoms with Gasteiger partial charge in [-0.25, -0.2) is 0 Å². The third-order valence-corrected chi connectivity index (χ3v) is 5.97. The van der Waals surface area contributed by atoms with Crippen LogP contribution < -0.4 is 5.32 Å². The van der Waals surface area contributed by atoms with Crippen LogP contribution in [0.3, 0.4) is 0 Å². The number of amides is 1. The molecule has 2 fully saturated rings. The lowest BCUT2D eigenvalue weighted by atomic mass is 9.88. The molecule has 4 rings (SSSR count). The summed E-state index contributed by atoms with van der Waals surface area (Å²) in [6, 6.07) is 21.4. The van der Waals surface area contributed by atoms with E-state index in [1.807, 2.05) is 12.1 Å². The molecule has 0 radical (unpaired) electrons. The maximum Gasteiger partial charge on any atom is 0.223 e. The molecule has 2 aromatic rings. The first-order valence-electron chi connectivity index (χ1n) is 10.1. The Kier molecular flexibility index (Phi) is 7.49. The summed E-state index contributed by atoms with van der Waals surface area (Å²) in [6.07, 6.45) is 1.65. The van der Waals surface area contributed by atoms with Crippen molar-refractivity contribution < 1.29 is 4.79 Å². The summed E-state index contributed by atoms with van der Waals surface area (Å²) in [4.78, 5) is 17.8. The number of halogens is 1. The highest BCUT2D eigenvalue weighted by molar-refractivity contribution is 5.85. The smallest absolute Gasteiger partial charge is 0.223 e. The standard InChI is InChI=1S/C23H29N3O.ClH/c27-23(26-14-11-21(18-26)25-15-12-24-13-16-25)17-22(19-7-3-1-4-8-19)20-9-5-2-6-10-20;/h1-10,21-22,24H,11-18H2;1H. The van der Waals surface area contributed by atoms with Crippen molar-refractivity contribution in [1.82, 2.24) is 15.1 Å². The van der Waals surface area contributed by atoms with Crippen molar-refractivity contribution in [3.8, 4) is 0 Å². The number of benzene rings is 2. The van der Waals surface area contributed by atoms with Crippen LogP contribution >= 0.6 is 12.4 Å². The van der Waals surface area contributed by atoms with Crippen molar-refractivity contribution in [2.45, 2.75) is 24.8 Å². The van der Waals surface area contributed by atoms with Crippen LogP contribution in [0.1, 0.15) is 29.9 Å². The monoisotopic (exact) mass is 399 g/mol. The van der Waals surface area contributed by atoms with E-state index in [4.69, 9.17) is 0 Å². The van der Waals surface area contributed by atoms with E-state index in [0.29, 0.717) is 12.5 Å². The zero-order chi connectivity index (χ0) is 18.5. The van der Waals surface area contributed by atoms with Gasteiger partial charge in [-0.3, -0.25) is 9.69 Å². The van der Waals surface area contributed by atoms with Gasteiger partial charge in [0.05, 0.1) is 0 Å². The lowest BCUT2D eigenvalue weighted by Gasteiger charge is -2.32. The molecule has 0 spiro atoms. The molecule has 0 saturated carbocycles. The second-order valence-corrected chi connectivity index (χ2v) is 7.65. The lowest BCUT2D eigenvalue weighted by Crippen LogP contribution is -2.49. The van der Waals surface area contributed by atoms with Crippen LogP contribution in [0.15, 0.2) is 60.7 Å². The Bertz CT molecular complexity index is 695. The average Bonchev–Trinajstić information content (AvgIpc) is 3.24. The molecule has 0 bridgehead atoms. The maximum absolute atomic E-state index is 13.1. The fourth-order valence-electron chi connectivity index (χ4n) is 4.42. The van der Waals surface area contributed by atoms with Crippen LogP contribution in [-0.4, -0.2) is 61.0 Å². The molecule has 1 amide bonds. The van der Waals surface area contributed by atoms with Crippen LogP contribution in [0, 0.1) is 0 Å². The molecule has 2 aliphatic heterocycles. The highest BCUT2D eigenvalue weighted by Gasteiger charge is 2.32. The van der Waals surface area contributed by atoms with Gasteiger partial charge in [-0.05, 0) is 17.5 Å². The largest absolute Gasteiger partial charge is 0.341 e. The fourth-order valence-corrected chi connectivity index (χ4v) is 4.42. The number of nitrogens with one attached hydrogen (secondary N) is 1. The fraction of sp³-hybridized carbons (Fsp3) is 0.435. The molecule has 2 aromatic carbocycles. The minimum Gasteiger partial charge on any atom is -0.341 e. The van der Waals surface area contributed by atoms with Crippen molar-refractivity contribution in [2.75, 3.05) is 39.3 Å². The molecule has 1 N–H and O–H groups in total. The van der Waals surface area contributed by atoms with Gasteiger partial charge in [0.1, 0.15) is 0 Å². The zero-order valence-corrected chi connectivity index (χ0v) is 17.1. The molecule has 4 nitrogen and oxygen atoms in total. The number of hydrogen-bond donors (Lipinski definition) is 1. The Morgan fingerprint density at radius 2 is 1.50 bits per heavy atom. The normalized spacial score (nSPS) is 20.2. The SMILES string of the molecule is Cl.O=C(CC(c1ccccc1)c1ccccc1)N1CCC(N2CCNCC2)C1. The van der Waals surface area contributed by atoms with Crippen LogP contribution in [0.25, 0.3) is 0 Å². The first kappa shape index (κ1) is 20.8. The average molecular weight is 400 g/mol. The Morgan fingerprint density at radius 3 is 2.07 bits per heavy atom. The van der Waals surface area contributed by atoms with E-state index in [0.717, 1.165) is 45.7 Å². The number of carbonyl (C=O) groups excluding carboxylic acids is 1.